The molecular weight excluding hydrogens is 246 g/mol. The lowest BCUT2D eigenvalue weighted by molar-refractivity contribution is -0.131. The van der Waals surface area contributed by atoms with Gasteiger partial charge in [0.2, 0.25) is 5.91 Å². The number of carbonyl (C=O) groups excluding carboxylic acids is 1. The molecule has 0 aromatic heterocycles. The molecule has 4 saturated carbocycles. The molecule has 0 heterocycles. The molecule has 1 unspecified atom stereocenters. The fraction of sp³-hybridized carbons (Fsp3) is 0.944. The highest BCUT2D eigenvalue weighted by Gasteiger charge is 2.51. The first-order valence-electron chi connectivity index (χ1n) is 8.96. The van der Waals surface area contributed by atoms with Gasteiger partial charge < -0.3 is 5.32 Å². The molecule has 20 heavy (non-hydrogen) atoms. The maximum atomic E-state index is 12.7. The molecule has 0 aromatic carbocycles. The summed E-state index contributed by atoms with van der Waals surface area (Å²) in [5.74, 6) is 3.36. The molecule has 0 saturated heterocycles. The fourth-order valence-corrected chi connectivity index (χ4v) is 5.60. The van der Waals surface area contributed by atoms with E-state index < -0.39 is 0 Å². The maximum Gasteiger partial charge on any atom is 0.223 e. The van der Waals surface area contributed by atoms with E-state index in [1.54, 1.807) is 0 Å². The largest absolute Gasteiger partial charge is 0.350 e. The van der Waals surface area contributed by atoms with Crippen molar-refractivity contribution in [2.45, 2.75) is 83.6 Å². The fourth-order valence-electron chi connectivity index (χ4n) is 5.60. The predicted molar refractivity (Wildman–Crippen MR) is 82.4 cm³/mol. The van der Waals surface area contributed by atoms with Crippen molar-refractivity contribution in [2.24, 2.45) is 23.7 Å². The smallest absolute Gasteiger partial charge is 0.223 e. The molecular formula is C18H31NO. The zero-order chi connectivity index (χ0) is 14.2. The van der Waals surface area contributed by atoms with Crippen LogP contribution in [0.15, 0.2) is 0 Å². The second kappa shape index (κ2) is 5.69. The average molecular weight is 277 g/mol. The van der Waals surface area contributed by atoms with E-state index >= 15 is 0 Å². The molecule has 4 fully saturated rings. The van der Waals surface area contributed by atoms with Crippen molar-refractivity contribution < 1.29 is 4.79 Å². The molecule has 2 nitrogen and oxygen atoms in total. The molecule has 0 aliphatic heterocycles. The Morgan fingerprint density at radius 3 is 2.10 bits per heavy atom. The van der Waals surface area contributed by atoms with E-state index in [0.29, 0.717) is 5.91 Å². The van der Waals surface area contributed by atoms with Gasteiger partial charge in [-0.3, -0.25) is 4.79 Å². The van der Waals surface area contributed by atoms with Crippen LogP contribution in [0.2, 0.25) is 0 Å². The van der Waals surface area contributed by atoms with Crippen molar-refractivity contribution in [3.05, 3.63) is 0 Å². The summed E-state index contributed by atoms with van der Waals surface area (Å²) in [7, 11) is 0. The Balaban J connectivity index is 1.63. The molecule has 114 valence electrons. The molecule has 4 rings (SSSR count). The summed E-state index contributed by atoms with van der Waals surface area (Å²) in [4.78, 5) is 12.7. The molecule has 4 bridgehead atoms. The van der Waals surface area contributed by atoms with Gasteiger partial charge in [0.15, 0.2) is 0 Å². The van der Waals surface area contributed by atoms with Crippen molar-refractivity contribution in [3.63, 3.8) is 0 Å². The van der Waals surface area contributed by atoms with Gasteiger partial charge in [-0.05, 0) is 69.1 Å². The summed E-state index contributed by atoms with van der Waals surface area (Å²) >= 11 is 0. The van der Waals surface area contributed by atoms with Gasteiger partial charge in [0, 0.05) is 11.5 Å². The van der Waals surface area contributed by atoms with Gasteiger partial charge in [-0.15, -0.1) is 0 Å². The number of hydrogen-bond acceptors (Lipinski definition) is 1. The highest BCUT2D eigenvalue weighted by Crippen LogP contribution is 2.55. The highest BCUT2D eigenvalue weighted by molar-refractivity contribution is 5.79. The molecule has 2 heteroatoms. The lowest BCUT2D eigenvalue weighted by Crippen LogP contribution is -2.60. The van der Waals surface area contributed by atoms with Gasteiger partial charge in [-0.2, -0.15) is 0 Å². The van der Waals surface area contributed by atoms with E-state index in [1.165, 1.54) is 51.4 Å². The van der Waals surface area contributed by atoms with E-state index in [4.69, 9.17) is 0 Å². The van der Waals surface area contributed by atoms with Crippen LogP contribution >= 0.6 is 0 Å². The van der Waals surface area contributed by atoms with Crippen LogP contribution in [0.25, 0.3) is 0 Å². The number of unbranched alkanes of at least 4 members (excludes halogenated alkanes) is 1. The number of hydrogen-bond donors (Lipinski definition) is 1. The second-order valence-electron chi connectivity index (χ2n) is 7.93. The summed E-state index contributed by atoms with van der Waals surface area (Å²) < 4.78 is 0. The molecule has 4 aliphatic carbocycles. The van der Waals surface area contributed by atoms with Crippen LogP contribution < -0.4 is 5.32 Å². The SMILES string of the molecule is CCCCC(CC)C(=O)NC12CC3CC(CC(C3)C1)C2. The minimum Gasteiger partial charge on any atom is -0.350 e. The lowest BCUT2D eigenvalue weighted by Gasteiger charge is -2.57. The minimum atomic E-state index is 0.200. The number of nitrogens with one attached hydrogen (secondary N) is 1. The third-order valence-electron chi connectivity index (χ3n) is 6.20. The summed E-state index contributed by atoms with van der Waals surface area (Å²) in [6.07, 6.45) is 12.6. The van der Waals surface area contributed by atoms with Crippen LogP contribution in [-0.4, -0.2) is 11.4 Å². The van der Waals surface area contributed by atoms with Crippen LogP contribution in [0.3, 0.4) is 0 Å². The monoisotopic (exact) mass is 277 g/mol. The number of amides is 1. The molecule has 0 radical (unpaired) electrons. The molecule has 1 N–H and O–H groups in total. The van der Waals surface area contributed by atoms with Crippen molar-refractivity contribution >= 4 is 5.91 Å². The van der Waals surface area contributed by atoms with Crippen LogP contribution in [0.1, 0.15) is 78.1 Å². The van der Waals surface area contributed by atoms with Crippen LogP contribution in [0.5, 0.6) is 0 Å². The van der Waals surface area contributed by atoms with E-state index in [0.717, 1.165) is 30.6 Å². The van der Waals surface area contributed by atoms with Gasteiger partial charge in [-0.1, -0.05) is 26.7 Å². The lowest BCUT2D eigenvalue weighted by atomic mass is 9.53. The first-order chi connectivity index (χ1) is 9.64. The molecule has 0 aromatic rings. The predicted octanol–water partition coefficient (Wildman–Crippen LogP) is 4.29. The van der Waals surface area contributed by atoms with E-state index in [1.807, 2.05) is 0 Å². The quantitative estimate of drug-likeness (QED) is 0.771. The molecule has 4 aliphatic rings. The zero-order valence-corrected chi connectivity index (χ0v) is 13.3. The minimum absolute atomic E-state index is 0.200. The average Bonchev–Trinajstić information content (AvgIpc) is 2.37. The van der Waals surface area contributed by atoms with E-state index in [2.05, 4.69) is 19.2 Å². The first kappa shape index (κ1) is 14.4. The normalized spacial score (nSPS) is 39.8. The Labute approximate surface area is 124 Å². The summed E-state index contributed by atoms with van der Waals surface area (Å²) in [5.41, 5.74) is 0.200. The topological polar surface area (TPSA) is 29.1 Å². The maximum absolute atomic E-state index is 12.7. The summed E-state index contributed by atoms with van der Waals surface area (Å²) in [5, 5.41) is 3.55. The van der Waals surface area contributed by atoms with Gasteiger partial charge >= 0.3 is 0 Å². The molecule has 0 spiro atoms. The Bertz CT molecular complexity index is 327. The molecule has 1 amide bonds. The number of carbonyl (C=O) groups is 1. The van der Waals surface area contributed by atoms with Gasteiger partial charge in [-0.25, -0.2) is 0 Å². The van der Waals surface area contributed by atoms with Crippen molar-refractivity contribution in [3.8, 4) is 0 Å². The third-order valence-corrected chi connectivity index (χ3v) is 6.20. The second-order valence-corrected chi connectivity index (χ2v) is 7.93. The van der Waals surface area contributed by atoms with Gasteiger partial charge in [0.05, 0.1) is 0 Å². The third kappa shape index (κ3) is 2.76. The van der Waals surface area contributed by atoms with Gasteiger partial charge in [0.25, 0.3) is 0 Å². The summed E-state index contributed by atoms with van der Waals surface area (Å²) in [6.45, 7) is 4.38. The number of rotatable bonds is 6. The Morgan fingerprint density at radius 2 is 1.65 bits per heavy atom. The van der Waals surface area contributed by atoms with Crippen molar-refractivity contribution in [1.29, 1.82) is 0 Å². The Kier molecular flexibility index (Phi) is 4.10. The van der Waals surface area contributed by atoms with E-state index in [-0.39, 0.29) is 11.5 Å². The zero-order valence-electron chi connectivity index (χ0n) is 13.3. The Hall–Kier alpha value is -0.530. The van der Waals surface area contributed by atoms with Crippen molar-refractivity contribution in [2.75, 3.05) is 0 Å². The van der Waals surface area contributed by atoms with Crippen LogP contribution in [0, 0.1) is 23.7 Å². The van der Waals surface area contributed by atoms with Crippen molar-refractivity contribution in [1.82, 2.24) is 5.32 Å². The standard InChI is InChI=1S/C18H31NO/c1-3-5-6-16(4-2)17(20)19-18-10-13-7-14(11-18)9-15(8-13)12-18/h13-16H,3-12H2,1-2H3,(H,19,20). The molecule has 1 atom stereocenters. The van der Waals surface area contributed by atoms with Gasteiger partial charge in [0.1, 0.15) is 0 Å². The van der Waals surface area contributed by atoms with Crippen LogP contribution in [-0.2, 0) is 4.79 Å². The summed E-state index contributed by atoms with van der Waals surface area (Å²) in [6, 6.07) is 0. The first-order valence-corrected chi connectivity index (χ1v) is 8.96. The Morgan fingerprint density at radius 1 is 1.10 bits per heavy atom. The van der Waals surface area contributed by atoms with E-state index in [9.17, 15) is 4.79 Å². The highest BCUT2D eigenvalue weighted by atomic mass is 16.2. The van der Waals surface area contributed by atoms with Crippen LogP contribution in [0.4, 0.5) is 0 Å².